The Morgan fingerprint density at radius 3 is 2.53 bits per heavy atom. The predicted octanol–water partition coefficient (Wildman–Crippen LogP) is 0.770. The molecule has 0 fully saturated rings. The van der Waals surface area contributed by atoms with Crippen molar-refractivity contribution in [3.05, 3.63) is 6.20 Å². The molecule has 1 heterocycles. The lowest BCUT2D eigenvalue weighted by atomic mass is 10.3. The van der Waals surface area contributed by atoms with Crippen molar-refractivity contribution in [1.82, 2.24) is 15.1 Å². The molecule has 0 bridgehead atoms. The van der Waals surface area contributed by atoms with Crippen LogP contribution in [0.1, 0.15) is 13.3 Å². The van der Waals surface area contributed by atoms with Gasteiger partial charge in [0, 0.05) is 19.6 Å². The molecule has 0 unspecified atom stereocenters. The zero-order valence-electron chi connectivity index (χ0n) is 9.82. The number of H-pyrrole nitrogens is 1. The number of nitrogens with two attached hydrogens (primary N) is 1. The summed E-state index contributed by atoms with van der Waals surface area (Å²) < 4.78 is 0. The molecule has 0 aromatic carbocycles. The number of anilines is 2. The third-order valence-electron chi connectivity index (χ3n) is 2.30. The van der Waals surface area contributed by atoms with Gasteiger partial charge in [-0.05, 0) is 20.5 Å². The maximum absolute atomic E-state index is 5.80. The van der Waals surface area contributed by atoms with Gasteiger partial charge in [0.15, 0.2) is 0 Å². The predicted molar refractivity (Wildman–Crippen MR) is 64.1 cm³/mol. The molecule has 0 saturated carbocycles. The maximum Gasteiger partial charge on any atom is 0.142 e. The minimum atomic E-state index is 0.655. The fourth-order valence-corrected chi connectivity index (χ4v) is 1.49. The second-order valence-electron chi connectivity index (χ2n) is 3.96. The molecule has 0 atom stereocenters. The summed E-state index contributed by atoms with van der Waals surface area (Å²) in [6.07, 6.45) is 2.90. The van der Waals surface area contributed by atoms with Gasteiger partial charge in [-0.1, -0.05) is 6.92 Å². The number of hydrogen-bond donors (Lipinski definition) is 2. The van der Waals surface area contributed by atoms with Crippen molar-refractivity contribution in [2.24, 2.45) is 0 Å². The van der Waals surface area contributed by atoms with Gasteiger partial charge in [0.25, 0.3) is 0 Å². The Morgan fingerprint density at radius 2 is 2.07 bits per heavy atom. The highest BCUT2D eigenvalue weighted by atomic mass is 15.2. The van der Waals surface area contributed by atoms with E-state index in [1.54, 1.807) is 6.20 Å². The van der Waals surface area contributed by atoms with Crippen LogP contribution in [0.3, 0.4) is 0 Å². The molecule has 86 valence electrons. The molecule has 0 amide bonds. The van der Waals surface area contributed by atoms with Crippen molar-refractivity contribution in [1.29, 1.82) is 0 Å². The maximum atomic E-state index is 5.80. The summed E-state index contributed by atoms with van der Waals surface area (Å²) in [4.78, 5) is 4.43. The summed E-state index contributed by atoms with van der Waals surface area (Å²) in [6.45, 7) is 5.17. The van der Waals surface area contributed by atoms with Gasteiger partial charge in [0.1, 0.15) is 5.82 Å². The van der Waals surface area contributed by atoms with E-state index in [-0.39, 0.29) is 0 Å². The van der Waals surface area contributed by atoms with E-state index in [9.17, 15) is 0 Å². The van der Waals surface area contributed by atoms with Crippen LogP contribution in [0.15, 0.2) is 6.20 Å². The minimum Gasteiger partial charge on any atom is -0.382 e. The fraction of sp³-hybridized carbons (Fsp3) is 0.700. The van der Waals surface area contributed by atoms with Crippen LogP contribution in [0, 0.1) is 0 Å². The molecule has 0 spiro atoms. The molecule has 0 aliphatic rings. The molecule has 1 aromatic rings. The van der Waals surface area contributed by atoms with Crippen LogP contribution >= 0.6 is 0 Å². The highest BCUT2D eigenvalue weighted by molar-refractivity contribution is 5.62. The van der Waals surface area contributed by atoms with Crippen LogP contribution in [0.25, 0.3) is 0 Å². The van der Waals surface area contributed by atoms with Crippen molar-refractivity contribution in [3.8, 4) is 0 Å². The highest BCUT2D eigenvalue weighted by Crippen LogP contribution is 2.19. The lowest BCUT2D eigenvalue weighted by Gasteiger charge is -2.24. The molecule has 5 heteroatoms. The van der Waals surface area contributed by atoms with E-state index in [4.69, 9.17) is 5.73 Å². The van der Waals surface area contributed by atoms with E-state index in [2.05, 4.69) is 41.0 Å². The summed E-state index contributed by atoms with van der Waals surface area (Å²) in [5, 5.41) is 6.71. The van der Waals surface area contributed by atoms with Crippen molar-refractivity contribution >= 4 is 11.5 Å². The number of nitrogens with one attached hydrogen (secondary N) is 1. The monoisotopic (exact) mass is 211 g/mol. The number of rotatable bonds is 6. The summed E-state index contributed by atoms with van der Waals surface area (Å²) in [6, 6.07) is 0. The first-order valence-electron chi connectivity index (χ1n) is 5.33. The van der Waals surface area contributed by atoms with Crippen molar-refractivity contribution in [3.63, 3.8) is 0 Å². The molecular formula is C10H21N5. The number of nitrogen functional groups attached to an aromatic ring is 1. The van der Waals surface area contributed by atoms with Crippen LogP contribution < -0.4 is 10.6 Å². The number of nitrogens with zero attached hydrogens (tertiary/aromatic N) is 3. The summed E-state index contributed by atoms with van der Waals surface area (Å²) in [7, 11) is 4.14. The van der Waals surface area contributed by atoms with E-state index in [0.717, 1.165) is 31.7 Å². The van der Waals surface area contributed by atoms with Gasteiger partial charge in [-0.15, -0.1) is 0 Å². The van der Waals surface area contributed by atoms with Gasteiger partial charge in [0.2, 0.25) is 0 Å². The van der Waals surface area contributed by atoms with Gasteiger partial charge in [0.05, 0.1) is 11.9 Å². The van der Waals surface area contributed by atoms with E-state index < -0.39 is 0 Å². The molecule has 0 aliphatic heterocycles. The number of aromatic nitrogens is 2. The second-order valence-corrected chi connectivity index (χ2v) is 3.96. The second kappa shape index (κ2) is 5.60. The lowest BCUT2D eigenvalue weighted by Crippen LogP contribution is -2.32. The van der Waals surface area contributed by atoms with Crippen LogP contribution in [-0.2, 0) is 0 Å². The number of aromatic amines is 1. The van der Waals surface area contributed by atoms with Gasteiger partial charge >= 0.3 is 0 Å². The molecule has 5 nitrogen and oxygen atoms in total. The molecule has 1 aromatic heterocycles. The van der Waals surface area contributed by atoms with E-state index in [0.29, 0.717) is 5.82 Å². The van der Waals surface area contributed by atoms with Crippen LogP contribution in [0.4, 0.5) is 11.5 Å². The average Bonchev–Trinajstić information content (AvgIpc) is 2.59. The standard InChI is InChI=1S/C10H21N5/c1-4-5-15(7-6-14(2)3)9-8-12-13-10(9)11/h8H,4-7H2,1-3H3,(H3,11,12,13). The van der Waals surface area contributed by atoms with Crippen molar-refractivity contribution < 1.29 is 0 Å². The first-order chi connectivity index (χ1) is 7.15. The Hall–Kier alpha value is -1.23. The molecule has 0 radical (unpaired) electrons. The Morgan fingerprint density at radius 1 is 1.33 bits per heavy atom. The van der Waals surface area contributed by atoms with Crippen LogP contribution in [0.2, 0.25) is 0 Å². The topological polar surface area (TPSA) is 61.2 Å². The van der Waals surface area contributed by atoms with Crippen molar-refractivity contribution in [2.75, 3.05) is 44.4 Å². The SMILES string of the molecule is CCCN(CCN(C)C)c1cn[nH]c1N. The molecule has 0 aliphatic carbocycles. The zero-order chi connectivity index (χ0) is 11.3. The Labute approximate surface area is 91.2 Å². The van der Waals surface area contributed by atoms with Gasteiger partial charge in [-0.3, -0.25) is 5.10 Å². The third kappa shape index (κ3) is 3.43. The smallest absolute Gasteiger partial charge is 0.142 e. The van der Waals surface area contributed by atoms with E-state index in [1.165, 1.54) is 0 Å². The average molecular weight is 211 g/mol. The fourth-order valence-electron chi connectivity index (χ4n) is 1.49. The lowest BCUT2D eigenvalue weighted by molar-refractivity contribution is 0.413. The Bertz CT molecular complexity index is 281. The van der Waals surface area contributed by atoms with Gasteiger partial charge in [-0.2, -0.15) is 5.10 Å². The molecular weight excluding hydrogens is 190 g/mol. The molecule has 1 rings (SSSR count). The summed E-state index contributed by atoms with van der Waals surface area (Å²) in [5.74, 6) is 0.655. The number of likely N-dealkylation sites (N-methyl/N-ethyl adjacent to an activating group) is 1. The molecule has 3 N–H and O–H groups in total. The van der Waals surface area contributed by atoms with Gasteiger partial charge < -0.3 is 15.5 Å². The van der Waals surface area contributed by atoms with Crippen LogP contribution in [0.5, 0.6) is 0 Å². The van der Waals surface area contributed by atoms with E-state index >= 15 is 0 Å². The Kier molecular flexibility index (Phi) is 4.42. The third-order valence-corrected chi connectivity index (χ3v) is 2.30. The van der Waals surface area contributed by atoms with Gasteiger partial charge in [-0.25, -0.2) is 0 Å². The van der Waals surface area contributed by atoms with Crippen molar-refractivity contribution in [2.45, 2.75) is 13.3 Å². The zero-order valence-corrected chi connectivity index (χ0v) is 9.82. The highest BCUT2D eigenvalue weighted by Gasteiger charge is 2.10. The summed E-state index contributed by atoms with van der Waals surface area (Å²) >= 11 is 0. The minimum absolute atomic E-state index is 0.655. The Balaban J connectivity index is 2.61. The first-order valence-corrected chi connectivity index (χ1v) is 5.33. The molecule has 0 saturated heterocycles. The van der Waals surface area contributed by atoms with Crippen LogP contribution in [-0.4, -0.2) is 48.8 Å². The largest absolute Gasteiger partial charge is 0.382 e. The quantitative estimate of drug-likeness (QED) is 0.729. The first kappa shape index (κ1) is 11.8. The molecule has 15 heavy (non-hydrogen) atoms. The number of hydrogen-bond acceptors (Lipinski definition) is 4. The summed E-state index contributed by atoms with van der Waals surface area (Å²) in [5.41, 5.74) is 6.82. The normalized spacial score (nSPS) is 10.9. The van der Waals surface area contributed by atoms with E-state index in [1.807, 2.05) is 0 Å².